The summed E-state index contributed by atoms with van der Waals surface area (Å²) in [6.07, 6.45) is 8.24. The Morgan fingerprint density at radius 1 is 0.825 bits per heavy atom. The third kappa shape index (κ3) is 8.24. The first-order valence-electron chi connectivity index (χ1n) is 13.5. The number of aromatic nitrogens is 1. The molecule has 0 saturated heterocycles. The molecule has 7 heteroatoms. The Labute approximate surface area is 234 Å². The summed E-state index contributed by atoms with van der Waals surface area (Å²) in [5, 5.41) is 19.6. The van der Waals surface area contributed by atoms with Gasteiger partial charge in [-0.1, -0.05) is 67.6 Å². The number of carbonyl (C=O) groups is 2. The minimum absolute atomic E-state index is 0.0631. The second kappa shape index (κ2) is 14.0. The molecule has 0 fully saturated rings. The van der Waals surface area contributed by atoms with E-state index in [4.69, 9.17) is 14.6 Å². The fourth-order valence-corrected chi connectivity index (χ4v) is 4.74. The summed E-state index contributed by atoms with van der Waals surface area (Å²) < 4.78 is 13.3. The lowest BCUT2D eigenvalue weighted by Crippen LogP contribution is -2.08. The summed E-state index contributed by atoms with van der Waals surface area (Å²) in [5.41, 5.74) is 3.67. The molecule has 0 saturated carbocycles. The summed E-state index contributed by atoms with van der Waals surface area (Å²) in [4.78, 5) is 22.7. The quantitative estimate of drug-likeness (QED) is 0.127. The molecule has 40 heavy (non-hydrogen) atoms. The van der Waals surface area contributed by atoms with E-state index in [1.54, 1.807) is 4.57 Å². The van der Waals surface area contributed by atoms with Crippen molar-refractivity contribution in [2.75, 3.05) is 13.2 Å². The molecule has 0 aliphatic heterocycles. The van der Waals surface area contributed by atoms with Crippen LogP contribution in [0.2, 0.25) is 0 Å². The molecule has 3 aromatic carbocycles. The van der Waals surface area contributed by atoms with Gasteiger partial charge < -0.3 is 24.3 Å². The summed E-state index contributed by atoms with van der Waals surface area (Å²) in [6.45, 7) is 3.00. The van der Waals surface area contributed by atoms with E-state index in [1.807, 2.05) is 98.1 Å². The molecule has 4 rings (SSSR count). The third-order valence-electron chi connectivity index (χ3n) is 6.56. The number of benzene rings is 3. The van der Waals surface area contributed by atoms with Gasteiger partial charge in [-0.05, 0) is 66.1 Å². The third-order valence-corrected chi connectivity index (χ3v) is 6.56. The van der Waals surface area contributed by atoms with Crippen molar-refractivity contribution in [1.29, 1.82) is 0 Å². The normalized spacial score (nSPS) is 12.0. The first-order valence-corrected chi connectivity index (χ1v) is 13.5. The standard InChI is InChI=1S/C33H35NO6/c1-24(21-31(35)36)20-27-22-34(23-32(37)38)33-26(8-7-11-30(27)33)15-12-25-13-16-29(17-14-25)40-19-6-5-18-39-28-9-3-2-4-10-28/h2-4,7-17,22,24H,5-6,18-21,23H2,1H3,(H,35,36)(H,37,38)/b15-12+/t24-/m0/s1. The number of aliphatic carboxylic acids is 2. The van der Waals surface area contributed by atoms with Crippen LogP contribution in [0.4, 0.5) is 0 Å². The highest BCUT2D eigenvalue weighted by Crippen LogP contribution is 2.29. The van der Waals surface area contributed by atoms with Gasteiger partial charge in [-0.2, -0.15) is 0 Å². The number of carboxylic acid groups (broad SMARTS) is 2. The fraction of sp³-hybridized carbons (Fsp3) is 0.273. The van der Waals surface area contributed by atoms with E-state index in [2.05, 4.69) is 0 Å². The molecule has 0 spiro atoms. The highest BCUT2D eigenvalue weighted by molar-refractivity contribution is 5.94. The average Bonchev–Trinajstić information content (AvgIpc) is 3.26. The molecule has 208 valence electrons. The number of fused-ring (bicyclic) bond motifs is 1. The van der Waals surface area contributed by atoms with Crippen LogP contribution in [0.25, 0.3) is 23.1 Å². The van der Waals surface area contributed by atoms with Gasteiger partial charge in [-0.15, -0.1) is 0 Å². The molecule has 2 N–H and O–H groups in total. The summed E-state index contributed by atoms with van der Waals surface area (Å²) >= 11 is 0. The van der Waals surface area contributed by atoms with Gasteiger partial charge in [0, 0.05) is 18.0 Å². The van der Waals surface area contributed by atoms with Crippen LogP contribution in [0.3, 0.4) is 0 Å². The van der Waals surface area contributed by atoms with Gasteiger partial charge >= 0.3 is 11.9 Å². The second-order valence-electron chi connectivity index (χ2n) is 9.95. The number of nitrogens with zero attached hydrogens (tertiary/aromatic N) is 1. The van der Waals surface area contributed by atoms with Crippen molar-refractivity contribution >= 4 is 35.0 Å². The summed E-state index contributed by atoms with van der Waals surface area (Å²) in [5.74, 6) is -0.151. The average molecular weight is 542 g/mol. The molecular weight excluding hydrogens is 506 g/mol. The first kappa shape index (κ1) is 28.5. The number of unbranched alkanes of at least 4 members (excludes halogenated alkanes) is 1. The number of ether oxygens (including phenoxy) is 2. The molecule has 0 amide bonds. The van der Waals surface area contributed by atoms with Crippen molar-refractivity contribution in [2.45, 2.75) is 39.2 Å². The van der Waals surface area contributed by atoms with E-state index >= 15 is 0 Å². The molecule has 0 unspecified atom stereocenters. The van der Waals surface area contributed by atoms with Crippen LogP contribution in [0.15, 0.2) is 79.0 Å². The zero-order chi connectivity index (χ0) is 28.3. The van der Waals surface area contributed by atoms with E-state index in [-0.39, 0.29) is 18.9 Å². The fourth-order valence-electron chi connectivity index (χ4n) is 4.74. The van der Waals surface area contributed by atoms with Crippen LogP contribution in [-0.4, -0.2) is 39.9 Å². The molecule has 1 aromatic heterocycles. The Bertz CT molecular complexity index is 1440. The van der Waals surface area contributed by atoms with Gasteiger partial charge in [0.05, 0.1) is 18.7 Å². The molecule has 0 aliphatic rings. The van der Waals surface area contributed by atoms with E-state index in [1.165, 1.54) is 0 Å². The minimum atomic E-state index is -0.930. The lowest BCUT2D eigenvalue weighted by molar-refractivity contribution is -0.138. The van der Waals surface area contributed by atoms with Crippen molar-refractivity contribution in [3.05, 3.63) is 95.7 Å². The Morgan fingerprint density at radius 3 is 2.15 bits per heavy atom. The smallest absolute Gasteiger partial charge is 0.323 e. The Morgan fingerprint density at radius 2 is 1.50 bits per heavy atom. The maximum absolute atomic E-state index is 11.6. The van der Waals surface area contributed by atoms with E-state index in [0.717, 1.165) is 51.9 Å². The van der Waals surface area contributed by atoms with E-state index < -0.39 is 11.9 Å². The highest BCUT2D eigenvalue weighted by Gasteiger charge is 2.16. The Kier molecular flexibility index (Phi) is 9.99. The number of carboxylic acids is 2. The van der Waals surface area contributed by atoms with Gasteiger partial charge in [0.1, 0.15) is 18.0 Å². The molecule has 0 bridgehead atoms. The maximum Gasteiger partial charge on any atom is 0.323 e. The van der Waals surface area contributed by atoms with E-state index in [0.29, 0.717) is 19.6 Å². The predicted octanol–water partition coefficient (Wildman–Crippen LogP) is 6.79. The lowest BCUT2D eigenvalue weighted by atomic mass is 9.97. The van der Waals surface area contributed by atoms with Crippen LogP contribution in [0, 0.1) is 5.92 Å². The van der Waals surface area contributed by atoms with Crippen molar-refractivity contribution in [1.82, 2.24) is 4.57 Å². The van der Waals surface area contributed by atoms with Crippen LogP contribution in [0.5, 0.6) is 11.5 Å². The van der Waals surface area contributed by atoms with Crippen LogP contribution in [-0.2, 0) is 22.6 Å². The van der Waals surface area contributed by atoms with Crippen molar-refractivity contribution in [2.24, 2.45) is 5.92 Å². The topological polar surface area (TPSA) is 98.0 Å². The van der Waals surface area contributed by atoms with Crippen LogP contribution >= 0.6 is 0 Å². The molecule has 1 heterocycles. The Hall–Kier alpha value is -4.52. The minimum Gasteiger partial charge on any atom is -0.494 e. The SMILES string of the molecule is C[C@H](CC(=O)O)Cc1cn(CC(=O)O)c2c(/C=C/c3ccc(OCCCCOc4ccccc4)cc3)cccc12. The lowest BCUT2D eigenvalue weighted by Gasteiger charge is -2.08. The monoisotopic (exact) mass is 541 g/mol. The first-order chi connectivity index (χ1) is 19.4. The van der Waals surface area contributed by atoms with Crippen molar-refractivity contribution in [3.8, 4) is 11.5 Å². The van der Waals surface area contributed by atoms with Gasteiger partial charge in [0.25, 0.3) is 0 Å². The zero-order valence-electron chi connectivity index (χ0n) is 22.7. The predicted molar refractivity (Wildman–Crippen MR) is 157 cm³/mol. The Balaban J connectivity index is 1.38. The number of hydrogen-bond donors (Lipinski definition) is 2. The molecule has 0 radical (unpaired) electrons. The molecule has 0 aliphatic carbocycles. The van der Waals surface area contributed by atoms with Gasteiger partial charge in [-0.25, -0.2) is 0 Å². The van der Waals surface area contributed by atoms with Gasteiger partial charge in [0.2, 0.25) is 0 Å². The number of para-hydroxylation sites is 2. The summed E-state index contributed by atoms with van der Waals surface area (Å²) in [7, 11) is 0. The van der Waals surface area contributed by atoms with Crippen molar-refractivity contribution in [3.63, 3.8) is 0 Å². The molecule has 1 atom stereocenters. The molecule has 4 aromatic rings. The molecular formula is C33H35NO6. The maximum atomic E-state index is 11.6. The summed E-state index contributed by atoms with van der Waals surface area (Å²) in [6, 6.07) is 23.5. The number of hydrogen-bond acceptors (Lipinski definition) is 4. The largest absolute Gasteiger partial charge is 0.494 e. The van der Waals surface area contributed by atoms with Gasteiger partial charge in [0.15, 0.2) is 0 Å². The van der Waals surface area contributed by atoms with Crippen molar-refractivity contribution < 1.29 is 29.3 Å². The zero-order valence-corrected chi connectivity index (χ0v) is 22.7. The van der Waals surface area contributed by atoms with Crippen LogP contribution < -0.4 is 9.47 Å². The molecule has 7 nitrogen and oxygen atoms in total. The van der Waals surface area contributed by atoms with Gasteiger partial charge in [-0.3, -0.25) is 9.59 Å². The second-order valence-corrected chi connectivity index (χ2v) is 9.95. The van der Waals surface area contributed by atoms with E-state index in [9.17, 15) is 14.7 Å². The number of rotatable bonds is 15. The highest BCUT2D eigenvalue weighted by atomic mass is 16.5. The van der Waals surface area contributed by atoms with Crippen LogP contribution in [0.1, 0.15) is 42.9 Å².